The Hall–Kier alpha value is -3.21. The summed E-state index contributed by atoms with van der Waals surface area (Å²) in [7, 11) is 2.13. The maximum Gasteiger partial charge on any atom is 0.242 e. The second-order valence-electron chi connectivity index (χ2n) is 7.81. The number of nitrogens with one attached hydrogen (secondary N) is 1. The van der Waals surface area contributed by atoms with E-state index in [9.17, 15) is 4.79 Å². The van der Waals surface area contributed by atoms with Gasteiger partial charge in [-0.15, -0.1) is 0 Å². The van der Waals surface area contributed by atoms with E-state index >= 15 is 0 Å². The average Bonchev–Trinajstić information content (AvgIpc) is 2.81. The summed E-state index contributed by atoms with van der Waals surface area (Å²) in [5, 5.41) is 4.15. The number of hydrogen-bond donors (Lipinski definition) is 2. The second-order valence-corrected chi connectivity index (χ2v) is 8.85. The fourth-order valence-corrected chi connectivity index (χ4v) is 4.03. The van der Waals surface area contributed by atoms with Crippen molar-refractivity contribution in [1.82, 2.24) is 19.9 Å². The van der Waals surface area contributed by atoms with E-state index in [2.05, 4.69) is 37.1 Å². The molecule has 172 valence electrons. The van der Waals surface area contributed by atoms with Gasteiger partial charge in [0.05, 0.1) is 24.1 Å². The van der Waals surface area contributed by atoms with Crippen LogP contribution in [0.5, 0.6) is 11.5 Å². The number of nitrogens with two attached hydrogens (primary N) is 1. The Balaban J connectivity index is 1.57. The van der Waals surface area contributed by atoms with Crippen molar-refractivity contribution < 1.29 is 9.53 Å². The van der Waals surface area contributed by atoms with Crippen molar-refractivity contribution in [1.29, 1.82) is 0 Å². The predicted molar refractivity (Wildman–Crippen MR) is 129 cm³/mol. The molecule has 0 bridgehead atoms. The van der Waals surface area contributed by atoms with E-state index in [0.717, 1.165) is 36.9 Å². The fourth-order valence-electron chi connectivity index (χ4n) is 3.26. The number of ether oxygens (including phenoxy) is 1. The molecule has 0 spiro atoms. The van der Waals surface area contributed by atoms with Crippen LogP contribution in [0.25, 0.3) is 0 Å². The molecule has 4 heterocycles. The summed E-state index contributed by atoms with van der Waals surface area (Å²) >= 11 is 1.39. The summed E-state index contributed by atoms with van der Waals surface area (Å²) in [6.07, 6.45) is 5.25. The van der Waals surface area contributed by atoms with E-state index in [1.54, 1.807) is 25.4 Å². The maximum atomic E-state index is 11.9. The molecule has 0 saturated carbocycles. The number of hydrogen-bond acceptors (Lipinski definition) is 9. The van der Waals surface area contributed by atoms with Crippen LogP contribution in [0.15, 0.2) is 65.0 Å². The van der Waals surface area contributed by atoms with Crippen LogP contribution in [0, 0.1) is 0 Å². The number of piperazine rings is 1. The summed E-state index contributed by atoms with van der Waals surface area (Å²) < 4.78 is 6.21. The Kier molecular flexibility index (Phi) is 7.38. The first-order chi connectivity index (χ1) is 16.0. The Morgan fingerprint density at radius 3 is 2.70 bits per heavy atom. The molecule has 4 rings (SSSR count). The third-order valence-corrected chi connectivity index (χ3v) is 5.99. The van der Waals surface area contributed by atoms with Crippen molar-refractivity contribution in [3.05, 3.63) is 55.0 Å². The lowest BCUT2D eigenvalue weighted by molar-refractivity contribution is -0.117. The zero-order valence-electron chi connectivity index (χ0n) is 18.6. The highest BCUT2D eigenvalue weighted by Crippen LogP contribution is 2.36. The van der Waals surface area contributed by atoms with Crippen LogP contribution in [0.1, 0.15) is 6.92 Å². The molecular weight excluding hydrogens is 438 g/mol. The minimum absolute atomic E-state index is 0.286. The minimum Gasteiger partial charge on any atom is -0.453 e. The maximum absolute atomic E-state index is 11.9. The number of nitrogens with zero attached hydrogens (tertiary/aromatic N) is 5. The smallest absolute Gasteiger partial charge is 0.242 e. The van der Waals surface area contributed by atoms with Gasteiger partial charge in [-0.1, -0.05) is 6.07 Å². The molecule has 1 aliphatic rings. The molecule has 1 aliphatic heterocycles. The van der Waals surface area contributed by atoms with E-state index in [1.165, 1.54) is 11.8 Å². The molecule has 0 aliphatic carbocycles. The Morgan fingerprint density at radius 2 is 1.97 bits per heavy atom. The summed E-state index contributed by atoms with van der Waals surface area (Å²) in [4.78, 5) is 29.8. The number of anilines is 2. The van der Waals surface area contributed by atoms with Crippen molar-refractivity contribution in [2.45, 2.75) is 23.0 Å². The van der Waals surface area contributed by atoms with Gasteiger partial charge in [-0.05, 0) is 50.0 Å². The van der Waals surface area contributed by atoms with Crippen LogP contribution in [-0.4, -0.2) is 65.0 Å². The van der Waals surface area contributed by atoms with Crippen molar-refractivity contribution in [3.63, 3.8) is 0 Å². The van der Waals surface area contributed by atoms with Crippen LogP contribution in [0.2, 0.25) is 0 Å². The van der Waals surface area contributed by atoms with Crippen molar-refractivity contribution in [2.75, 3.05) is 43.4 Å². The number of rotatable bonds is 7. The number of amides is 1. The van der Waals surface area contributed by atoms with Crippen LogP contribution in [0.4, 0.5) is 11.5 Å². The first kappa shape index (κ1) is 23.0. The summed E-state index contributed by atoms with van der Waals surface area (Å²) in [6.45, 7) is 5.39. The minimum atomic E-state index is -0.612. The summed E-state index contributed by atoms with van der Waals surface area (Å²) in [5.41, 5.74) is 6.58. The first-order valence-corrected chi connectivity index (χ1v) is 11.5. The van der Waals surface area contributed by atoms with Crippen LogP contribution >= 0.6 is 11.8 Å². The molecule has 1 unspecified atom stereocenters. The van der Waals surface area contributed by atoms with E-state index < -0.39 is 6.04 Å². The quantitative estimate of drug-likeness (QED) is 0.544. The Morgan fingerprint density at radius 1 is 1.15 bits per heavy atom. The highest BCUT2D eigenvalue weighted by atomic mass is 32.2. The van der Waals surface area contributed by atoms with Gasteiger partial charge < -0.3 is 25.6 Å². The third kappa shape index (κ3) is 6.19. The van der Waals surface area contributed by atoms with Gasteiger partial charge in [0.1, 0.15) is 21.6 Å². The van der Waals surface area contributed by atoms with E-state index in [1.807, 2.05) is 36.5 Å². The van der Waals surface area contributed by atoms with E-state index in [0.29, 0.717) is 22.3 Å². The normalized spacial score (nSPS) is 15.2. The molecule has 0 radical (unpaired) electrons. The van der Waals surface area contributed by atoms with Gasteiger partial charge in [0.15, 0.2) is 5.75 Å². The molecule has 3 aromatic rings. The Bertz CT molecular complexity index is 1090. The lowest BCUT2D eigenvalue weighted by Crippen LogP contribution is -2.44. The van der Waals surface area contributed by atoms with Gasteiger partial charge in [0, 0.05) is 38.4 Å². The van der Waals surface area contributed by atoms with Crippen LogP contribution in [-0.2, 0) is 4.79 Å². The highest BCUT2D eigenvalue weighted by Gasteiger charge is 2.20. The van der Waals surface area contributed by atoms with E-state index in [4.69, 9.17) is 10.5 Å². The van der Waals surface area contributed by atoms with E-state index in [-0.39, 0.29) is 5.91 Å². The number of carbonyl (C=O) groups is 1. The highest BCUT2D eigenvalue weighted by molar-refractivity contribution is 7.99. The van der Waals surface area contributed by atoms with Crippen LogP contribution < -0.4 is 20.7 Å². The zero-order valence-corrected chi connectivity index (χ0v) is 19.5. The molecule has 1 fully saturated rings. The molecule has 1 amide bonds. The molecule has 1 saturated heterocycles. The molecule has 0 aromatic carbocycles. The van der Waals surface area contributed by atoms with Gasteiger partial charge in [0.25, 0.3) is 0 Å². The lowest BCUT2D eigenvalue weighted by Gasteiger charge is -2.34. The van der Waals surface area contributed by atoms with Gasteiger partial charge in [-0.3, -0.25) is 9.78 Å². The summed E-state index contributed by atoms with van der Waals surface area (Å²) in [5.74, 6) is 1.54. The van der Waals surface area contributed by atoms with Crippen molar-refractivity contribution in [2.24, 2.45) is 5.73 Å². The standard InChI is InChI=1S/C23H27N7O2S/c1-16(24)23(31)28-20-6-3-7-21(27-20)33-22-13-19(32-17-5-4-8-25-14-17)18(15-26-22)30-11-9-29(2)10-12-30/h3-8,13-16H,9-12,24H2,1-2H3,(H,27,28,31). The van der Waals surface area contributed by atoms with Gasteiger partial charge in [-0.25, -0.2) is 9.97 Å². The van der Waals surface area contributed by atoms with Crippen LogP contribution in [0.3, 0.4) is 0 Å². The molecule has 1 atom stereocenters. The summed E-state index contributed by atoms with van der Waals surface area (Å²) in [6, 6.07) is 10.4. The van der Waals surface area contributed by atoms with Gasteiger partial charge in [0.2, 0.25) is 5.91 Å². The molecule has 9 nitrogen and oxygen atoms in total. The molecule has 3 aromatic heterocycles. The molecule has 3 N–H and O–H groups in total. The number of carbonyl (C=O) groups excluding carboxylic acids is 1. The number of pyridine rings is 3. The number of likely N-dealkylation sites (N-methyl/N-ethyl adjacent to an activating group) is 1. The molecule has 33 heavy (non-hydrogen) atoms. The largest absolute Gasteiger partial charge is 0.453 e. The average molecular weight is 466 g/mol. The topological polar surface area (TPSA) is 110 Å². The predicted octanol–water partition coefficient (Wildman–Crippen LogP) is 2.85. The second kappa shape index (κ2) is 10.6. The Labute approximate surface area is 197 Å². The monoisotopic (exact) mass is 465 g/mol. The van der Waals surface area contributed by atoms with Gasteiger partial charge >= 0.3 is 0 Å². The van der Waals surface area contributed by atoms with Gasteiger partial charge in [-0.2, -0.15) is 0 Å². The lowest BCUT2D eigenvalue weighted by atomic mass is 10.2. The SMILES string of the molecule is CC(N)C(=O)Nc1cccc(Sc2cc(Oc3cccnc3)c(N3CCN(C)CC3)cn2)n1. The molecule has 10 heteroatoms. The van der Waals surface area contributed by atoms with Crippen molar-refractivity contribution >= 4 is 29.2 Å². The molecular formula is C23H27N7O2S. The van der Waals surface area contributed by atoms with Crippen molar-refractivity contribution in [3.8, 4) is 11.5 Å². The fraction of sp³-hybridized carbons (Fsp3) is 0.304. The third-order valence-electron chi connectivity index (χ3n) is 5.12. The first-order valence-electron chi connectivity index (χ1n) is 10.7. The number of aromatic nitrogens is 3. The zero-order chi connectivity index (χ0) is 23.2.